The molecule has 0 saturated carbocycles. The third-order valence-electron chi connectivity index (χ3n) is 1.44. The Balaban J connectivity index is 2.42. The molecule has 0 bridgehead atoms. The summed E-state index contributed by atoms with van der Waals surface area (Å²) in [4.78, 5) is 0. The van der Waals surface area contributed by atoms with Gasteiger partial charge in [-0.25, -0.2) is 0 Å². The molecule has 1 nitrogen and oxygen atoms in total. The lowest BCUT2D eigenvalue weighted by molar-refractivity contribution is -0.0303. The zero-order valence-electron chi connectivity index (χ0n) is 4.95. The Hall–Kier alpha value is -0.185. The van der Waals surface area contributed by atoms with E-state index in [1.54, 1.807) is 0 Å². The molecule has 5 heteroatoms. The fourth-order valence-electron chi connectivity index (χ4n) is 0.944. The van der Waals surface area contributed by atoms with Crippen LogP contribution in [-0.4, -0.2) is 20.4 Å². The fraction of sp³-hybridized carbons (Fsp3) is 1.00. The standard InChI is InChI=1S/C4H8BF3O/c6-5(7,8)9-3-1-2-4-9/h1-4H2. The van der Waals surface area contributed by atoms with Crippen molar-refractivity contribution in [3.8, 4) is 0 Å². The average Bonchev–Trinajstić information content (AvgIpc) is 2.08. The molecule has 0 N–H and O–H groups in total. The van der Waals surface area contributed by atoms with Gasteiger partial charge in [0.15, 0.2) is 0 Å². The Kier molecular flexibility index (Phi) is 1.70. The van der Waals surface area contributed by atoms with Gasteiger partial charge in [0.2, 0.25) is 0 Å². The van der Waals surface area contributed by atoms with Crippen molar-refractivity contribution in [3.05, 3.63) is 0 Å². The van der Waals surface area contributed by atoms with Crippen LogP contribution in [0.5, 0.6) is 0 Å². The van der Waals surface area contributed by atoms with Crippen LogP contribution >= 0.6 is 0 Å². The Morgan fingerprint density at radius 2 is 1.44 bits per heavy atom. The molecule has 0 aromatic heterocycles. The minimum absolute atomic E-state index is 0.128. The molecule has 0 radical (unpaired) electrons. The number of rotatable bonds is 1. The first-order valence-corrected chi connectivity index (χ1v) is 2.97. The molecule has 1 fully saturated rings. The van der Waals surface area contributed by atoms with E-state index in [1.165, 1.54) is 4.28 Å². The van der Waals surface area contributed by atoms with Crippen molar-refractivity contribution in [2.75, 3.05) is 13.2 Å². The number of halogens is 3. The van der Waals surface area contributed by atoms with Crippen molar-refractivity contribution < 1.29 is 17.2 Å². The van der Waals surface area contributed by atoms with Gasteiger partial charge in [0, 0.05) is 12.8 Å². The third-order valence-corrected chi connectivity index (χ3v) is 1.44. The Labute approximate surface area is 51.6 Å². The third kappa shape index (κ3) is 1.61. The summed E-state index contributed by atoms with van der Waals surface area (Å²) < 4.78 is 36.5. The van der Waals surface area contributed by atoms with Crippen molar-refractivity contribution in [1.82, 2.24) is 0 Å². The molecular weight excluding hydrogens is 132 g/mol. The molecule has 0 aliphatic carbocycles. The van der Waals surface area contributed by atoms with Gasteiger partial charge in [-0.05, 0) is 0 Å². The molecule has 1 rings (SSSR count). The van der Waals surface area contributed by atoms with E-state index >= 15 is 0 Å². The molecule has 54 valence electrons. The van der Waals surface area contributed by atoms with E-state index in [1.807, 2.05) is 0 Å². The number of hydrogen-bond acceptors (Lipinski definition) is 0. The van der Waals surface area contributed by atoms with E-state index < -0.39 is 7.18 Å². The quantitative estimate of drug-likeness (QED) is 0.384. The van der Waals surface area contributed by atoms with Crippen LogP contribution in [-0.2, 0) is 4.28 Å². The summed E-state index contributed by atoms with van der Waals surface area (Å²) >= 11 is 0. The first kappa shape index (κ1) is 6.93. The minimum atomic E-state index is -4.76. The second kappa shape index (κ2) is 2.21. The molecule has 0 unspecified atom stereocenters. The van der Waals surface area contributed by atoms with Crippen molar-refractivity contribution >= 4 is 7.18 Å². The second-order valence-electron chi connectivity index (χ2n) is 2.17. The minimum Gasteiger partial charge on any atom is -0.582 e. The first-order chi connectivity index (χ1) is 4.11. The van der Waals surface area contributed by atoms with Crippen molar-refractivity contribution in [2.45, 2.75) is 12.8 Å². The molecular formula is C4H8BF3O. The molecule has 0 amide bonds. The highest BCUT2D eigenvalue weighted by molar-refractivity contribution is 6.52. The normalized spacial score (nSPS) is 23.0. The molecule has 1 aliphatic heterocycles. The van der Waals surface area contributed by atoms with Crippen LogP contribution in [0.4, 0.5) is 12.9 Å². The van der Waals surface area contributed by atoms with Gasteiger partial charge < -0.3 is 17.2 Å². The van der Waals surface area contributed by atoms with Crippen LogP contribution in [0.25, 0.3) is 0 Å². The summed E-state index contributed by atoms with van der Waals surface area (Å²) in [7, 11) is -4.76. The van der Waals surface area contributed by atoms with Crippen LogP contribution in [0.15, 0.2) is 0 Å². The zero-order chi connectivity index (χ0) is 6.91. The lowest BCUT2D eigenvalue weighted by atomic mass is 10.2. The lowest BCUT2D eigenvalue weighted by Crippen LogP contribution is -2.33. The van der Waals surface area contributed by atoms with Crippen LogP contribution < -0.4 is 0 Å². The highest BCUT2D eigenvalue weighted by atomic mass is 19.4. The van der Waals surface area contributed by atoms with Crippen molar-refractivity contribution in [2.24, 2.45) is 0 Å². The summed E-state index contributed by atoms with van der Waals surface area (Å²) in [5.41, 5.74) is 0. The monoisotopic (exact) mass is 140 g/mol. The molecule has 1 heterocycles. The topological polar surface area (TPSA) is 2.70 Å². The highest BCUT2D eigenvalue weighted by Crippen LogP contribution is 2.25. The number of hydrogen-bond donors (Lipinski definition) is 0. The second-order valence-corrected chi connectivity index (χ2v) is 2.17. The van der Waals surface area contributed by atoms with Crippen LogP contribution in [0.2, 0.25) is 0 Å². The molecule has 1 aliphatic rings. The molecule has 9 heavy (non-hydrogen) atoms. The predicted octanol–water partition coefficient (Wildman–Crippen LogP) is 1.68. The molecule has 1 saturated heterocycles. The molecule has 0 spiro atoms. The summed E-state index contributed by atoms with van der Waals surface area (Å²) in [6, 6.07) is 0. The van der Waals surface area contributed by atoms with Gasteiger partial charge >= 0.3 is 7.18 Å². The summed E-state index contributed by atoms with van der Waals surface area (Å²) in [5, 5.41) is 0. The maximum absolute atomic E-state index is 11.7. The zero-order valence-corrected chi connectivity index (χ0v) is 4.95. The lowest BCUT2D eigenvalue weighted by Gasteiger charge is -2.24. The largest absolute Gasteiger partial charge is 0.843 e. The summed E-state index contributed by atoms with van der Waals surface area (Å²) in [6.45, 7) is 0.257. The fourth-order valence-corrected chi connectivity index (χ4v) is 0.944. The molecule has 0 atom stereocenters. The van der Waals surface area contributed by atoms with E-state index in [0.717, 1.165) is 0 Å². The first-order valence-electron chi connectivity index (χ1n) is 2.97. The molecule has 0 aromatic rings. The Morgan fingerprint density at radius 1 is 1.00 bits per heavy atom. The van der Waals surface area contributed by atoms with Gasteiger partial charge in [-0.3, -0.25) is 0 Å². The van der Waals surface area contributed by atoms with Gasteiger partial charge in [-0.2, -0.15) is 0 Å². The van der Waals surface area contributed by atoms with E-state index in [-0.39, 0.29) is 13.2 Å². The Bertz CT molecular complexity index is 96.5. The van der Waals surface area contributed by atoms with Crippen LogP contribution in [0.1, 0.15) is 12.8 Å². The van der Waals surface area contributed by atoms with Gasteiger partial charge in [0.1, 0.15) is 13.2 Å². The van der Waals surface area contributed by atoms with Gasteiger partial charge in [-0.1, -0.05) is 0 Å². The SMILES string of the molecule is F[B-](F)(F)[O+]1CCCC1. The van der Waals surface area contributed by atoms with Gasteiger partial charge in [0.25, 0.3) is 0 Å². The van der Waals surface area contributed by atoms with E-state index in [2.05, 4.69) is 0 Å². The van der Waals surface area contributed by atoms with Crippen LogP contribution in [0.3, 0.4) is 0 Å². The maximum atomic E-state index is 11.7. The van der Waals surface area contributed by atoms with E-state index in [0.29, 0.717) is 12.8 Å². The Morgan fingerprint density at radius 3 is 1.67 bits per heavy atom. The smallest absolute Gasteiger partial charge is 0.582 e. The van der Waals surface area contributed by atoms with Gasteiger partial charge in [0.05, 0.1) is 0 Å². The average molecular weight is 140 g/mol. The molecule has 0 aromatic carbocycles. The van der Waals surface area contributed by atoms with E-state index in [9.17, 15) is 12.9 Å². The summed E-state index contributed by atoms with van der Waals surface area (Å²) in [5.74, 6) is 0. The summed E-state index contributed by atoms with van der Waals surface area (Å²) in [6.07, 6.45) is 1.32. The van der Waals surface area contributed by atoms with Crippen molar-refractivity contribution in [3.63, 3.8) is 0 Å². The predicted molar refractivity (Wildman–Crippen MR) is 29.1 cm³/mol. The van der Waals surface area contributed by atoms with Crippen LogP contribution in [0, 0.1) is 0 Å². The van der Waals surface area contributed by atoms with E-state index in [4.69, 9.17) is 0 Å². The van der Waals surface area contributed by atoms with Gasteiger partial charge in [-0.15, -0.1) is 0 Å². The maximum Gasteiger partial charge on any atom is 0.843 e. The van der Waals surface area contributed by atoms with Crippen molar-refractivity contribution in [1.29, 1.82) is 0 Å². The highest BCUT2D eigenvalue weighted by Gasteiger charge is 2.46.